The normalized spacial score (nSPS) is 14.1. The Morgan fingerprint density at radius 1 is 1.11 bits per heavy atom. The molecule has 0 fully saturated rings. The Labute approximate surface area is 112 Å². The molecule has 3 rings (SSSR count). The second-order valence-corrected chi connectivity index (χ2v) is 4.76. The fraction of sp³-hybridized carbons (Fsp3) is 0.250. The predicted molar refractivity (Wildman–Crippen MR) is 74.1 cm³/mol. The number of anilines is 1. The van der Waals surface area contributed by atoms with Gasteiger partial charge in [-0.15, -0.1) is 0 Å². The van der Waals surface area contributed by atoms with Crippen molar-refractivity contribution in [1.29, 1.82) is 0 Å². The summed E-state index contributed by atoms with van der Waals surface area (Å²) in [5.41, 5.74) is 3.52. The van der Waals surface area contributed by atoms with Crippen LogP contribution in [-0.2, 0) is 13.0 Å². The van der Waals surface area contributed by atoms with Crippen LogP contribution < -0.4 is 9.64 Å². The third-order valence-corrected chi connectivity index (χ3v) is 3.61. The molecule has 1 aliphatic rings. The van der Waals surface area contributed by atoms with Crippen molar-refractivity contribution in [1.82, 2.24) is 0 Å². The van der Waals surface area contributed by atoms with Gasteiger partial charge < -0.3 is 9.64 Å². The van der Waals surface area contributed by atoms with Crippen LogP contribution in [0.2, 0.25) is 0 Å². The molecule has 2 nitrogen and oxygen atoms in total. The van der Waals surface area contributed by atoms with Gasteiger partial charge in [-0.25, -0.2) is 4.39 Å². The summed E-state index contributed by atoms with van der Waals surface area (Å²) in [5.74, 6) is 0.496. The highest BCUT2D eigenvalue weighted by atomic mass is 19.1. The molecule has 3 heteroatoms. The van der Waals surface area contributed by atoms with Gasteiger partial charge in [-0.05, 0) is 29.7 Å². The molecule has 0 saturated heterocycles. The van der Waals surface area contributed by atoms with E-state index in [4.69, 9.17) is 4.74 Å². The average molecular weight is 257 g/mol. The Bertz CT molecular complexity index is 597. The van der Waals surface area contributed by atoms with E-state index in [1.54, 1.807) is 19.2 Å². The molecule has 2 aromatic rings. The summed E-state index contributed by atoms with van der Waals surface area (Å²) < 4.78 is 18.8. The third kappa shape index (κ3) is 2.28. The van der Waals surface area contributed by atoms with Crippen LogP contribution in [0.4, 0.5) is 10.1 Å². The summed E-state index contributed by atoms with van der Waals surface area (Å²) >= 11 is 0. The molecule has 0 radical (unpaired) electrons. The molecule has 0 atom stereocenters. The van der Waals surface area contributed by atoms with Crippen molar-refractivity contribution in [3.8, 4) is 5.75 Å². The number of halogens is 1. The maximum atomic E-state index is 13.5. The van der Waals surface area contributed by atoms with Crippen LogP contribution in [0, 0.1) is 5.82 Å². The molecule has 19 heavy (non-hydrogen) atoms. The molecule has 0 aliphatic carbocycles. The summed E-state index contributed by atoms with van der Waals surface area (Å²) in [6.07, 6.45) is 0.982. The van der Waals surface area contributed by atoms with Crippen molar-refractivity contribution in [2.24, 2.45) is 0 Å². The maximum Gasteiger partial charge on any atom is 0.142 e. The van der Waals surface area contributed by atoms with E-state index in [0.717, 1.165) is 30.9 Å². The number of benzene rings is 2. The fourth-order valence-corrected chi connectivity index (χ4v) is 2.61. The lowest BCUT2D eigenvalue weighted by atomic mass is 9.99. The first-order chi connectivity index (χ1) is 9.28. The average Bonchev–Trinajstić information content (AvgIpc) is 2.46. The quantitative estimate of drug-likeness (QED) is 0.817. The summed E-state index contributed by atoms with van der Waals surface area (Å²) in [5, 5.41) is 0. The van der Waals surface area contributed by atoms with Crippen LogP contribution in [0.1, 0.15) is 11.1 Å². The van der Waals surface area contributed by atoms with Crippen molar-refractivity contribution >= 4 is 5.69 Å². The van der Waals surface area contributed by atoms with Gasteiger partial charge in [0.25, 0.3) is 0 Å². The van der Waals surface area contributed by atoms with Gasteiger partial charge in [0.15, 0.2) is 0 Å². The second-order valence-electron chi connectivity index (χ2n) is 4.76. The molecule has 1 aliphatic heterocycles. The lowest BCUT2D eigenvalue weighted by Crippen LogP contribution is -2.30. The van der Waals surface area contributed by atoms with Crippen LogP contribution in [0.25, 0.3) is 0 Å². The lowest BCUT2D eigenvalue weighted by molar-refractivity contribution is 0.412. The number of ether oxygens (including phenoxy) is 1. The highest BCUT2D eigenvalue weighted by Gasteiger charge is 2.19. The topological polar surface area (TPSA) is 12.5 Å². The van der Waals surface area contributed by atoms with E-state index in [1.807, 2.05) is 6.07 Å². The maximum absolute atomic E-state index is 13.5. The molecule has 0 unspecified atom stereocenters. The van der Waals surface area contributed by atoms with Gasteiger partial charge in [-0.1, -0.05) is 24.3 Å². The lowest BCUT2D eigenvalue weighted by Gasteiger charge is -2.31. The molecule has 0 N–H and O–H groups in total. The van der Waals surface area contributed by atoms with Crippen LogP contribution in [-0.4, -0.2) is 13.7 Å². The minimum atomic E-state index is -0.227. The van der Waals surface area contributed by atoms with Crippen molar-refractivity contribution in [2.45, 2.75) is 13.0 Å². The summed E-state index contributed by atoms with van der Waals surface area (Å²) in [7, 11) is 1.62. The molecular formula is C16H16FNO. The number of methoxy groups -OCH3 is 1. The second kappa shape index (κ2) is 4.92. The van der Waals surface area contributed by atoms with Crippen LogP contribution in [0.15, 0.2) is 42.5 Å². The first-order valence-electron chi connectivity index (χ1n) is 6.43. The van der Waals surface area contributed by atoms with Crippen LogP contribution in [0.5, 0.6) is 5.75 Å². The molecule has 0 bridgehead atoms. The number of fused-ring (bicyclic) bond motifs is 1. The minimum absolute atomic E-state index is 0.227. The number of rotatable bonds is 2. The first kappa shape index (κ1) is 12.0. The van der Waals surface area contributed by atoms with Crippen LogP contribution >= 0.6 is 0 Å². The number of nitrogens with zero attached hydrogens (tertiary/aromatic N) is 1. The highest BCUT2D eigenvalue weighted by Crippen LogP contribution is 2.32. The number of hydrogen-bond donors (Lipinski definition) is 0. The van der Waals surface area contributed by atoms with Crippen molar-refractivity contribution < 1.29 is 9.13 Å². The standard InChI is InChI=1S/C16H16FNO/c1-19-16-7-6-14(17)10-15(16)18-9-8-12-4-2-3-5-13(12)11-18/h2-7,10H,8-9,11H2,1H3. The molecule has 2 aromatic carbocycles. The summed E-state index contributed by atoms with van der Waals surface area (Å²) in [4.78, 5) is 2.17. The van der Waals surface area contributed by atoms with Crippen molar-refractivity contribution in [3.05, 3.63) is 59.4 Å². The van der Waals surface area contributed by atoms with Crippen molar-refractivity contribution in [2.75, 3.05) is 18.6 Å². The third-order valence-electron chi connectivity index (χ3n) is 3.61. The smallest absolute Gasteiger partial charge is 0.142 e. The van der Waals surface area contributed by atoms with Gasteiger partial charge in [-0.2, -0.15) is 0 Å². The van der Waals surface area contributed by atoms with E-state index in [1.165, 1.54) is 17.2 Å². The predicted octanol–water partition coefficient (Wildman–Crippen LogP) is 3.40. The van der Waals surface area contributed by atoms with Crippen molar-refractivity contribution in [3.63, 3.8) is 0 Å². The SMILES string of the molecule is COc1ccc(F)cc1N1CCc2ccccc2C1. The zero-order valence-electron chi connectivity index (χ0n) is 10.9. The highest BCUT2D eigenvalue weighted by molar-refractivity contribution is 5.60. The summed E-state index contributed by atoms with van der Waals surface area (Å²) in [6, 6.07) is 13.1. The Kier molecular flexibility index (Phi) is 3.11. The zero-order chi connectivity index (χ0) is 13.2. The molecule has 1 heterocycles. The number of hydrogen-bond acceptors (Lipinski definition) is 2. The first-order valence-corrected chi connectivity index (χ1v) is 6.43. The molecule has 0 aromatic heterocycles. The molecule has 98 valence electrons. The fourth-order valence-electron chi connectivity index (χ4n) is 2.61. The Morgan fingerprint density at radius 2 is 1.89 bits per heavy atom. The van der Waals surface area contributed by atoms with Crippen LogP contribution in [0.3, 0.4) is 0 Å². The van der Waals surface area contributed by atoms with Gasteiger partial charge in [0, 0.05) is 19.2 Å². The minimum Gasteiger partial charge on any atom is -0.495 e. The molecular weight excluding hydrogens is 241 g/mol. The Balaban J connectivity index is 1.95. The van der Waals surface area contributed by atoms with E-state index < -0.39 is 0 Å². The van der Waals surface area contributed by atoms with Gasteiger partial charge in [-0.3, -0.25) is 0 Å². The van der Waals surface area contributed by atoms with E-state index in [0.29, 0.717) is 0 Å². The molecule has 0 spiro atoms. The summed E-state index contributed by atoms with van der Waals surface area (Å²) in [6.45, 7) is 1.69. The van der Waals surface area contributed by atoms with Gasteiger partial charge in [0.05, 0.1) is 12.8 Å². The Morgan fingerprint density at radius 3 is 2.68 bits per heavy atom. The Hall–Kier alpha value is -2.03. The van der Waals surface area contributed by atoms with Gasteiger partial charge in [0.1, 0.15) is 11.6 Å². The monoisotopic (exact) mass is 257 g/mol. The van der Waals surface area contributed by atoms with E-state index in [-0.39, 0.29) is 5.82 Å². The molecule has 0 amide bonds. The van der Waals surface area contributed by atoms with E-state index >= 15 is 0 Å². The van der Waals surface area contributed by atoms with E-state index in [2.05, 4.69) is 23.1 Å². The van der Waals surface area contributed by atoms with Gasteiger partial charge >= 0.3 is 0 Å². The zero-order valence-corrected chi connectivity index (χ0v) is 10.9. The van der Waals surface area contributed by atoms with Gasteiger partial charge in [0.2, 0.25) is 0 Å². The van der Waals surface area contributed by atoms with E-state index in [9.17, 15) is 4.39 Å². The largest absolute Gasteiger partial charge is 0.495 e. The molecule has 0 saturated carbocycles.